The molecular formula is C31H34ClNO7. The van der Waals surface area contributed by atoms with Gasteiger partial charge in [0.25, 0.3) is 0 Å². The van der Waals surface area contributed by atoms with Crippen LogP contribution >= 0.6 is 11.6 Å². The first-order valence-corrected chi connectivity index (χ1v) is 13.8. The highest BCUT2D eigenvalue weighted by molar-refractivity contribution is 6.30. The predicted octanol–water partition coefficient (Wildman–Crippen LogP) is 5.61. The highest BCUT2D eigenvalue weighted by Gasteiger charge is 2.41. The van der Waals surface area contributed by atoms with Crippen LogP contribution in [0, 0.1) is 0 Å². The van der Waals surface area contributed by atoms with Gasteiger partial charge in [0, 0.05) is 47.9 Å². The number of rotatable bonds is 10. The Kier molecular flexibility index (Phi) is 9.66. The third-order valence-corrected chi connectivity index (χ3v) is 7.16. The molecule has 8 nitrogen and oxygen atoms in total. The minimum Gasteiger partial charge on any atom is -0.490 e. The topological polar surface area (TPSA) is 100 Å². The molecule has 0 saturated heterocycles. The standard InChI is InChI=1S/C31H34ClNO7/c1-5-37-13-14-39-31(36)28-18(3)33-24-15-22(20-7-10-23(32)11-8-20)16-25(35)30(24)29(28)21-9-12-26(40-19(4)34)27(17-21)38-6-2/h7-12,17,22,29,33H,5-6,13-16H2,1-4H3/t22-,29-/m0/s1. The van der Waals surface area contributed by atoms with Gasteiger partial charge >= 0.3 is 11.9 Å². The fourth-order valence-electron chi connectivity index (χ4n) is 5.24. The molecule has 40 heavy (non-hydrogen) atoms. The number of halogens is 1. The number of hydrogen-bond donors (Lipinski definition) is 1. The molecule has 2 aromatic carbocycles. The van der Waals surface area contributed by atoms with E-state index in [1.807, 2.05) is 45.0 Å². The zero-order valence-electron chi connectivity index (χ0n) is 23.2. The van der Waals surface area contributed by atoms with Gasteiger partial charge in [0.2, 0.25) is 0 Å². The molecule has 212 valence electrons. The van der Waals surface area contributed by atoms with Gasteiger partial charge in [-0.15, -0.1) is 0 Å². The van der Waals surface area contributed by atoms with Crippen LogP contribution in [0.25, 0.3) is 0 Å². The van der Waals surface area contributed by atoms with Gasteiger partial charge in [-0.1, -0.05) is 29.8 Å². The summed E-state index contributed by atoms with van der Waals surface area (Å²) >= 11 is 6.09. The number of nitrogens with one attached hydrogen (secondary N) is 1. The lowest BCUT2D eigenvalue weighted by atomic mass is 9.71. The number of carbonyl (C=O) groups excluding carboxylic acids is 3. The molecule has 0 aromatic heterocycles. The molecule has 9 heteroatoms. The summed E-state index contributed by atoms with van der Waals surface area (Å²) in [6.07, 6.45) is 0.876. The zero-order valence-corrected chi connectivity index (χ0v) is 23.9. The van der Waals surface area contributed by atoms with Crippen molar-refractivity contribution in [3.05, 3.63) is 81.2 Å². The number of benzene rings is 2. The fraction of sp³-hybridized carbons (Fsp3) is 0.387. The first-order valence-electron chi connectivity index (χ1n) is 13.4. The SMILES string of the molecule is CCOCCOC(=O)C1=C(C)NC2=C(C(=O)C[C@@H](c3ccc(Cl)cc3)C2)[C@H]1c1ccc(OC(C)=O)c(OCC)c1. The third-order valence-electron chi connectivity index (χ3n) is 6.91. The number of ether oxygens (including phenoxy) is 4. The summed E-state index contributed by atoms with van der Waals surface area (Å²) in [6, 6.07) is 12.6. The Bertz CT molecular complexity index is 1350. The van der Waals surface area contributed by atoms with E-state index in [9.17, 15) is 14.4 Å². The van der Waals surface area contributed by atoms with E-state index in [0.29, 0.717) is 52.8 Å². The maximum atomic E-state index is 13.8. The lowest BCUT2D eigenvalue weighted by Crippen LogP contribution is -2.36. The van der Waals surface area contributed by atoms with E-state index in [0.717, 1.165) is 11.3 Å². The smallest absolute Gasteiger partial charge is 0.336 e. The van der Waals surface area contributed by atoms with Gasteiger partial charge in [0.1, 0.15) is 6.61 Å². The van der Waals surface area contributed by atoms with Gasteiger partial charge in [-0.05, 0) is 68.5 Å². The second-order valence-corrected chi connectivity index (χ2v) is 10.1. The molecule has 0 amide bonds. The highest BCUT2D eigenvalue weighted by Crippen LogP contribution is 2.47. The quantitative estimate of drug-likeness (QED) is 0.225. The monoisotopic (exact) mass is 567 g/mol. The van der Waals surface area contributed by atoms with E-state index in [-0.39, 0.29) is 37.1 Å². The molecule has 1 heterocycles. The van der Waals surface area contributed by atoms with Gasteiger partial charge in [-0.25, -0.2) is 4.79 Å². The summed E-state index contributed by atoms with van der Waals surface area (Å²) in [6.45, 7) is 8.01. The number of hydrogen-bond acceptors (Lipinski definition) is 8. The first kappa shape index (κ1) is 29.4. The van der Waals surface area contributed by atoms with Gasteiger partial charge in [-0.3, -0.25) is 9.59 Å². The second-order valence-electron chi connectivity index (χ2n) is 9.63. The maximum Gasteiger partial charge on any atom is 0.336 e. The summed E-state index contributed by atoms with van der Waals surface area (Å²) in [5, 5.41) is 3.98. The molecule has 1 N–H and O–H groups in total. The van der Waals surface area contributed by atoms with E-state index in [4.69, 9.17) is 30.5 Å². The molecule has 0 spiro atoms. The molecule has 0 fully saturated rings. The zero-order chi connectivity index (χ0) is 28.8. The van der Waals surface area contributed by atoms with Crippen molar-refractivity contribution in [3.63, 3.8) is 0 Å². The Morgan fingerprint density at radius 3 is 2.38 bits per heavy atom. The maximum absolute atomic E-state index is 13.8. The van der Waals surface area contributed by atoms with Crippen LogP contribution in [-0.4, -0.2) is 44.1 Å². The van der Waals surface area contributed by atoms with Gasteiger partial charge in [0.15, 0.2) is 17.3 Å². The summed E-state index contributed by atoms with van der Waals surface area (Å²) in [5.41, 5.74) is 3.92. The summed E-state index contributed by atoms with van der Waals surface area (Å²) in [4.78, 5) is 39.0. The number of esters is 2. The minimum atomic E-state index is -0.694. The number of Topliss-reactive ketones (excluding diaryl/α,β-unsaturated/α-hetero) is 1. The molecule has 1 aliphatic heterocycles. The molecule has 0 unspecified atom stereocenters. The molecule has 2 atom stereocenters. The van der Waals surface area contributed by atoms with Crippen LogP contribution in [0.3, 0.4) is 0 Å². The number of carbonyl (C=O) groups is 3. The van der Waals surface area contributed by atoms with Crippen molar-refractivity contribution < 1.29 is 33.3 Å². The van der Waals surface area contributed by atoms with E-state index in [1.165, 1.54) is 6.92 Å². The molecule has 2 aliphatic rings. The van der Waals surface area contributed by atoms with E-state index in [2.05, 4.69) is 5.32 Å². The van der Waals surface area contributed by atoms with Crippen molar-refractivity contribution in [1.82, 2.24) is 5.32 Å². The van der Waals surface area contributed by atoms with Crippen molar-refractivity contribution in [2.75, 3.05) is 26.4 Å². The number of allylic oxidation sites excluding steroid dienone is 3. The predicted molar refractivity (Wildman–Crippen MR) is 150 cm³/mol. The average molecular weight is 568 g/mol. The Balaban J connectivity index is 1.77. The lowest BCUT2D eigenvalue weighted by molar-refractivity contribution is -0.141. The molecule has 0 radical (unpaired) electrons. The molecule has 4 rings (SSSR count). The van der Waals surface area contributed by atoms with Gasteiger partial charge in [-0.2, -0.15) is 0 Å². The molecular weight excluding hydrogens is 534 g/mol. The molecule has 0 saturated carbocycles. The number of ketones is 1. The van der Waals surface area contributed by atoms with Crippen molar-refractivity contribution in [2.24, 2.45) is 0 Å². The first-order chi connectivity index (χ1) is 19.2. The van der Waals surface area contributed by atoms with E-state index in [1.54, 1.807) is 18.2 Å². The second kappa shape index (κ2) is 13.2. The molecule has 2 aromatic rings. The summed E-state index contributed by atoms with van der Waals surface area (Å²) < 4.78 is 22.0. The Labute approximate surface area is 239 Å². The van der Waals surface area contributed by atoms with Crippen LogP contribution < -0.4 is 14.8 Å². The highest BCUT2D eigenvalue weighted by atomic mass is 35.5. The lowest BCUT2D eigenvalue weighted by Gasteiger charge is -2.37. The van der Waals surface area contributed by atoms with Crippen molar-refractivity contribution in [1.29, 1.82) is 0 Å². The third kappa shape index (κ3) is 6.57. The fourth-order valence-corrected chi connectivity index (χ4v) is 5.37. The van der Waals surface area contributed by atoms with Crippen LogP contribution in [-0.2, 0) is 23.9 Å². The van der Waals surface area contributed by atoms with Crippen LogP contribution in [0.1, 0.15) is 63.5 Å². The normalized spacial score (nSPS) is 18.7. The Morgan fingerprint density at radius 2 is 1.70 bits per heavy atom. The number of dihydropyridines is 1. The van der Waals surface area contributed by atoms with Crippen LogP contribution in [0.5, 0.6) is 11.5 Å². The summed E-state index contributed by atoms with van der Waals surface area (Å²) in [7, 11) is 0. The summed E-state index contributed by atoms with van der Waals surface area (Å²) in [5.74, 6) is -1.19. The largest absolute Gasteiger partial charge is 0.490 e. The Hall–Kier alpha value is -3.62. The van der Waals surface area contributed by atoms with Crippen LogP contribution in [0.2, 0.25) is 5.02 Å². The van der Waals surface area contributed by atoms with E-state index < -0.39 is 17.9 Å². The van der Waals surface area contributed by atoms with Crippen LogP contribution in [0.15, 0.2) is 65.0 Å². The molecule has 0 bridgehead atoms. The Morgan fingerprint density at radius 1 is 0.975 bits per heavy atom. The minimum absolute atomic E-state index is 0.0329. The van der Waals surface area contributed by atoms with Crippen molar-refractivity contribution in [2.45, 2.75) is 52.4 Å². The van der Waals surface area contributed by atoms with Gasteiger partial charge < -0.3 is 24.3 Å². The van der Waals surface area contributed by atoms with E-state index >= 15 is 0 Å². The van der Waals surface area contributed by atoms with Gasteiger partial charge in [0.05, 0.1) is 18.8 Å². The van der Waals surface area contributed by atoms with Crippen molar-refractivity contribution >= 4 is 29.3 Å². The van der Waals surface area contributed by atoms with Crippen LogP contribution in [0.4, 0.5) is 0 Å². The van der Waals surface area contributed by atoms with Crippen molar-refractivity contribution in [3.8, 4) is 11.5 Å². The molecule has 1 aliphatic carbocycles. The average Bonchev–Trinajstić information content (AvgIpc) is 2.91.